The lowest BCUT2D eigenvalue weighted by Gasteiger charge is -2.15. The van der Waals surface area contributed by atoms with Crippen LogP contribution >= 0.6 is 0 Å². The van der Waals surface area contributed by atoms with Gasteiger partial charge in [-0.15, -0.1) is 0 Å². The highest BCUT2D eigenvalue weighted by Gasteiger charge is 2.20. The van der Waals surface area contributed by atoms with Gasteiger partial charge in [0, 0.05) is 99.9 Å². The van der Waals surface area contributed by atoms with E-state index < -0.39 is 47.8 Å². The van der Waals surface area contributed by atoms with Crippen LogP contribution < -0.4 is 37.9 Å². The molecule has 0 fully saturated rings. The number of carbonyl (C=O) groups is 8. The maximum absolute atomic E-state index is 12.1. The van der Waals surface area contributed by atoms with Crippen LogP contribution in [0.5, 0.6) is 46.0 Å². The van der Waals surface area contributed by atoms with E-state index in [9.17, 15) is 38.4 Å². The SMILES string of the molecule is CC(=O)Oc1ccc(C(=Nc2ccc(-c3ccc(N=C(c4ccc(OC(C)=O)cc4)c4ccc(OC(C)=O)cc4)c(N=C(c4ccc(OC(C)=O)cc4)c4ccc(OC(C)=O)cc4)c3)cc2N=C(c2ccc(OC(C)=O)cc2)c2ccc(OC(C)=O)cc2)c2ccc(OC(C)=O)cc2)cc1. The summed E-state index contributed by atoms with van der Waals surface area (Å²) in [6.45, 7) is 10.4. The smallest absolute Gasteiger partial charge is 0.308 e. The number of benzene rings is 10. The standard InChI is InChI=1S/C80H62N4O16/c1-47(85)93-65-27-9-55(10-28-65)77(56-11-29-66(30-12-56)94-48(2)86)81-73-43-25-63(45-75(73)83-79(59-17-35-69(36-18-59)97-51(5)89)60-19-37-70(38-20-60)98-52(6)90)64-26-44-74(82-78(57-13-31-67(32-14-57)95-49(3)87)58-15-33-68(34-16-58)96-50(4)88)76(46-64)84-80(61-21-39-71(40-22-61)99-53(7)91)62-23-41-72(42-24-62)100-54(8)92/h9-46H,1-8H3. The van der Waals surface area contributed by atoms with Gasteiger partial charge in [0.15, 0.2) is 0 Å². The molecule has 0 amide bonds. The molecule has 100 heavy (non-hydrogen) atoms. The van der Waals surface area contributed by atoms with Gasteiger partial charge in [-0.05, 0) is 230 Å². The minimum Gasteiger partial charge on any atom is -0.427 e. The molecule has 0 saturated carbocycles. The molecule has 0 radical (unpaired) electrons. The number of aliphatic imine (C=N–C) groups is 4. The number of hydrogen-bond acceptors (Lipinski definition) is 20. The van der Waals surface area contributed by atoms with Crippen molar-refractivity contribution < 1.29 is 76.3 Å². The molecule has 0 aliphatic rings. The van der Waals surface area contributed by atoms with Gasteiger partial charge < -0.3 is 37.9 Å². The van der Waals surface area contributed by atoms with Gasteiger partial charge in [-0.3, -0.25) is 38.4 Å². The molecule has 10 aromatic rings. The monoisotopic (exact) mass is 1330 g/mol. The van der Waals surface area contributed by atoms with Crippen molar-refractivity contribution in [3.63, 3.8) is 0 Å². The van der Waals surface area contributed by atoms with Gasteiger partial charge in [-0.1, -0.05) is 12.1 Å². The summed E-state index contributed by atoms with van der Waals surface area (Å²) in [7, 11) is 0. The predicted molar refractivity (Wildman–Crippen MR) is 375 cm³/mol. The van der Waals surface area contributed by atoms with Crippen LogP contribution in [0.2, 0.25) is 0 Å². The molecule has 0 aliphatic heterocycles. The van der Waals surface area contributed by atoms with Crippen molar-refractivity contribution in [2.45, 2.75) is 55.4 Å². The van der Waals surface area contributed by atoms with Gasteiger partial charge in [0.2, 0.25) is 0 Å². The molecule has 0 atom stereocenters. The number of rotatable bonds is 21. The van der Waals surface area contributed by atoms with Crippen molar-refractivity contribution in [1.82, 2.24) is 0 Å². The van der Waals surface area contributed by atoms with Crippen molar-refractivity contribution in [3.05, 3.63) is 275 Å². The van der Waals surface area contributed by atoms with Gasteiger partial charge in [-0.25, -0.2) is 20.0 Å². The molecule has 0 unspecified atom stereocenters. The largest absolute Gasteiger partial charge is 0.427 e. The molecule has 10 rings (SSSR count). The second-order valence-electron chi connectivity index (χ2n) is 22.2. The summed E-state index contributed by atoms with van der Waals surface area (Å²) in [6.07, 6.45) is 0. The number of ether oxygens (including phenoxy) is 8. The molecule has 0 saturated heterocycles. The van der Waals surface area contributed by atoms with Crippen molar-refractivity contribution in [2.24, 2.45) is 20.0 Å². The number of hydrogen-bond donors (Lipinski definition) is 0. The highest BCUT2D eigenvalue weighted by atomic mass is 16.6. The number of nitrogens with zero attached hydrogens (tertiary/aromatic N) is 4. The molecule has 20 nitrogen and oxygen atoms in total. The maximum Gasteiger partial charge on any atom is 0.308 e. The summed E-state index contributed by atoms with van der Waals surface area (Å²) in [6, 6.07) is 65.2. The maximum atomic E-state index is 12.1. The van der Waals surface area contributed by atoms with E-state index in [0.717, 1.165) is 0 Å². The quantitative estimate of drug-likeness (QED) is 0.0368. The van der Waals surface area contributed by atoms with Crippen LogP contribution in [0, 0.1) is 0 Å². The van der Waals surface area contributed by atoms with Crippen LogP contribution in [0.25, 0.3) is 11.1 Å². The third-order valence-electron chi connectivity index (χ3n) is 14.3. The lowest BCUT2D eigenvalue weighted by Crippen LogP contribution is -2.06. The summed E-state index contributed by atoms with van der Waals surface area (Å²) >= 11 is 0. The van der Waals surface area contributed by atoms with Gasteiger partial charge in [0.05, 0.1) is 45.6 Å². The Morgan fingerprint density at radius 2 is 0.330 bits per heavy atom. The third kappa shape index (κ3) is 19.0. The second kappa shape index (κ2) is 31.9. The number of carbonyl (C=O) groups excluding carboxylic acids is 8. The first-order chi connectivity index (χ1) is 48.0. The van der Waals surface area contributed by atoms with Crippen LogP contribution in [0.3, 0.4) is 0 Å². The molecule has 0 bridgehead atoms. The molecular formula is C80H62N4O16. The van der Waals surface area contributed by atoms with Crippen molar-refractivity contribution in [3.8, 4) is 57.1 Å². The lowest BCUT2D eigenvalue weighted by molar-refractivity contribution is -0.132. The Hall–Kier alpha value is -13.4. The van der Waals surface area contributed by atoms with E-state index in [2.05, 4.69) is 0 Å². The molecule has 0 spiro atoms. The third-order valence-corrected chi connectivity index (χ3v) is 14.3. The Morgan fingerprint density at radius 1 is 0.190 bits per heavy atom. The Morgan fingerprint density at radius 3 is 0.470 bits per heavy atom. The fourth-order valence-corrected chi connectivity index (χ4v) is 10.2. The molecule has 0 aliphatic carbocycles. The Labute approximate surface area is 574 Å². The van der Waals surface area contributed by atoms with Gasteiger partial charge >= 0.3 is 47.8 Å². The van der Waals surface area contributed by atoms with Crippen LogP contribution in [0.15, 0.2) is 250 Å². The zero-order valence-corrected chi connectivity index (χ0v) is 55.3. The fraction of sp³-hybridized carbons (Fsp3) is 0.100. The van der Waals surface area contributed by atoms with Crippen LogP contribution in [-0.4, -0.2) is 70.6 Å². The molecule has 0 N–H and O–H groups in total. The topological polar surface area (TPSA) is 260 Å². The van der Waals surface area contributed by atoms with E-state index in [4.69, 9.17) is 57.9 Å². The zero-order valence-electron chi connectivity index (χ0n) is 55.3. The summed E-state index contributed by atoms with van der Waals surface area (Å²) in [4.78, 5) is 119. The number of esters is 8. The first-order valence-corrected chi connectivity index (χ1v) is 31.0. The molecule has 498 valence electrons. The minimum absolute atomic E-state index is 0.283. The Balaban J connectivity index is 1.26. The van der Waals surface area contributed by atoms with Crippen molar-refractivity contribution >= 4 is 93.4 Å². The molecule has 0 aromatic heterocycles. The van der Waals surface area contributed by atoms with E-state index in [1.807, 2.05) is 24.3 Å². The van der Waals surface area contributed by atoms with E-state index in [1.54, 1.807) is 206 Å². The first kappa shape index (κ1) is 69.5. The summed E-state index contributed by atoms with van der Waals surface area (Å²) in [5.41, 5.74) is 8.84. The molecular weight excluding hydrogens is 1270 g/mol. The minimum atomic E-state index is -0.519. The van der Waals surface area contributed by atoms with Gasteiger partial charge in [0.25, 0.3) is 0 Å². The fourth-order valence-electron chi connectivity index (χ4n) is 10.2. The van der Waals surface area contributed by atoms with E-state index >= 15 is 0 Å². The van der Waals surface area contributed by atoms with Crippen LogP contribution in [0.4, 0.5) is 22.7 Å². The van der Waals surface area contributed by atoms with Gasteiger partial charge in [0.1, 0.15) is 46.0 Å². The zero-order chi connectivity index (χ0) is 71.0. The molecule has 10 aromatic carbocycles. The van der Waals surface area contributed by atoms with Crippen molar-refractivity contribution in [2.75, 3.05) is 0 Å². The summed E-state index contributed by atoms with van der Waals surface area (Å²) < 4.78 is 43.4. The Kier molecular flexibility index (Phi) is 22.2. The first-order valence-electron chi connectivity index (χ1n) is 31.0. The lowest BCUT2D eigenvalue weighted by atomic mass is 9.99. The summed E-state index contributed by atoms with van der Waals surface area (Å²) in [5.74, 6) is -1.81. The van der Waals surface area contributed by atoms with E-state index in [-0.39, 0.29) is 23.0 Å². The van der Waals surface area contributed by atoms with E-state index in [0.29, 0.717) is 124 Å². The highest BCUT2D eigenvalue weighted by Crippen LogP contribution is 2.41. The van der Waals surface area contributed by atoms with E-state index in [1.165, 1.54) is 55.4 Å². The van der Waals surface area contributed by atoms with Crippen LogP contribution in [-0.2, 0) is 38.4 Å². The van der Waals surface area contributed by atoms with Crippen molar-refractivity contribution in [1.29, 1.82) is 0 Å². The van der Waals surface area contributed by atoms with Gasteiger partial charge in [-0.2, -0.15) is 0 Å². The average Bonchev–Trinajstić information content (AvgIpc) is 0.791. The van der Waals surface area contributed by atoms with Crippen LogP contribution in [0.1, 0.15) is 99.9 Å². The molecule has 0 heterocycles. The highest BCUT2D eigenvalue weighted by molar-refractivity contribution is 6.18. The average molecular weight is 1340 g/mol. The Bertz CT molecular complexity index is 4330. The summed E-state index contributed by atoms with van der Waals surface area (Å²) in [5, 5.41) is 0. The molecule has 20 heteroatoms. The second-order valence-corrected chi connectivity index (χ2v) is 22.2. The predicted octanol–water partition coefficient (Wildman–Crippen LogP) is 15.4. The normalized spacial score (nSPS) is 10.5.